The molecule has 1 N–H and O–H groups in total. The lowest BCUT2D eigenvalue weighted by Crippen LogP contribution is -2.60. The minimum atomic E-state index is -2.19. The minimum absolute atomic E-state index is 0.0291. The number of phenols is 1. The smallest absolute Gasteiger partial charge is 0.258 e. The molecule has 3 fully saturated rings. The number of nitrogens with zero attached hydrogens (tertiary/aromatic N) is 2. The van der Waals surface area contributed by atoms with Crippen molar-refractivity contribution >= 4 is 95.8 Å². The Morgan fingerprint density at radius 2 is 1.53 bits per heavy atom. The van der Waals surface area contributed by atoms with Gasteiger partial charge in [-0.1, -0.05) is 11.6 Å². The summed E-state index contributed by atoms with van der Waals surface area (Å²) < 4.78 is 19.8. The molecular weight excluding hydrogens is 810 g/mol. The van der Waals surface area contributed by atoms with E-state index in [1.807, 2.05) is 0 Å². The summed E-state index contributed by atoms with van der Waals surface area (Å²) in [5, 5.41) is 10.8. The number of benzene rings is 3. The van der Waals surface area contributed by atoms with Crippen LogP contribution >= 0.6 is 55.1 Å². The maximum absolute atomic E-state index is 14.6. The van der Waals surface area contributed by atoms with Gasteiger partial charge in [0.25, 0.3) is 11.8 Å². The number of imide groups is 2. The van der Waals surface area contributed by atoms with Crippen LogP contribution in [0.15, 0.2) is 75.2 Å². The highest BCUT2D eigenvalue weighted by Gasteiger charge is 2.77. The molecular formula is C35H25Br2Cl2FN2O7. The molecule has 4 aliphatic rings. The fraction of sp³-hybridized carbons (Fsp3) is 0.286. The van der Waals surface area contributed by atoms with Crippen LogP contribution in [-0.2, 0) is 19.2 Å². The van der Waals surface area contributed by atoms with Gasteiger partial charge in [0.1, 0.15) is 5.82 Å². The van der Waals surface area contributed by atoms with Crippen molar-refractivity contribution < 1.29 is 38.2 Å². The lowest BCUT2D eigenvalue weighted by Gasteiger charge is -2.51. The van der Waals surface area contributed by atoms with Crippen molar-refractivity contribution in [3.8, 4) is 11.5 Å². The monoisotopic (exact) mass is 832 g/mol. The molecule has 0 unspecified atom stereocenters. The fourth-order valence-electron chi connectivity index (χ4n) is 7.82. The third kappa shape index (κ3) is 4.63. The van der Waals surface area contributed by atoms with Crippen LogP contribution in [0.3, 0.4) is 0 Å². The van der Waals surface area contributed by atoms with E-state index in [1.165, 1.54) is 56.5 Å². The molecule has 9 nitrogen and oxygen atoms in total. The molecule has 3 aromatic rings. The summed E-state index contributed by atoms with van der Waals surface area (Å²) in [6.45, 7) is 1.41. The highest BCUT2D eigenvalue weighted by molar-refractivity contribution is 9.13. The van der Waals surface area contributed by atoms with Gasteiger partial charge in [0, 0.05) is 16.0 Å². The number of halogens is 5. The molecule has 7 rings (SSSR count). The zero-order valence-electron chi connectivity index (χ0n) is 25.7. The number of anilines is 2. The third-order valence-corrected chi connectivity index (χ3v) is 13.7. The summed E-state index contributed by atoms with van der Waals surface area (Å²) in [6.07, 6.45) is 1.64. The zero-order chi connectivity index (χ0) is 35.3. The van der Waals surface area contributed by atoms with Gasteiger partial charge in [0.15, 0.2) is 27.0 Å². The number of ether oxygens (including phenoxy) is 1. The maximum atomic E-state index is 14.6. The number of rotatable bonds is 5. The SMILES string of the molecule is COc1cc([C@H]2C3=CC[C@@H]4C(=O)N(c5ccc(C(C)=O)cc5)C(=O)[C@@H]4[C@@H]3C[C@@]3(Cl)C(=O)N(c4ccc(F)cc4)C(=O)[C@@]23Cl)c(Br)c(Br)c1O. The Morgan fingerprint density at radius 1 is 0.918 bits per heavy atom. The summed E-state index contributed by atoms with van der Waals surface area (Å²) in [7, 11) is 1.34. The Bertz CT molecular complexity index is 2040. The molecule has 0 radical (unpaired) electrons. The van der Waals surface area contributed by atoms with Gasteiger partial charge in [-0.15, -0.1) is 23.2 Å². The van der Waals surface area contributed by atoms with Crippen molar-refractivity contribution in [3.05, 3.63) is 92.1 Å². The van der Waals surface area contributed by atoms with Crippen molar-refractivity contribution in [3.63, 3.8) is 0 Å². The standard InChI is InChI=1S/C35H25Br2Cl2FN2O7/c1-15(43)16-3-7-18(8-4-16)41-30(45)21-12-11-20-23(25(21)31(41)46)14-34(38)32(47)42(19-9-5-17(40)6-10-19)33(48)35(34,39)26(20)22-13-24(49-2)29(44)28(37)27(22)36/h3-11,13,21,23,25-26,44H,12,14H2,1-2H3/t21-,23+,25-,26+,34+,35-/m0/s1. The normalized spacial score (nSPS) is 29.1. The predicted octanol–water partition coefficient (Wildman–Crippen LogP) is 7.04. The van der Waals surface area contributed by atoms with Gasteiger partial charge in [-0.25, -0.2) is 9.29 Å². The summed E-state index contributed by atoms with van der Waals surface area (Å²) >= 11 is 21.8. The average molecular weight is 835 g/mol. The van der Waals surface area contributed by atoms with E-state index in [0.717, 1.165) is 21.9 Å². The van der Waals surface area contributed by atoms with Gasteiger partial charge in [0.05, 0.1) is 34.8 Å². The number of allylic oxidation sites excluding steroid dienone is 2. The van der Waals surface area contributed by atoms with Crippen LogP contribution in [0.25, 0.3) is 0 Å². The van der Waals surface area contributed by atoms with Crippen LogP contribution in [-0.4, -0.2) is 51.4 Å². The second-order valence-corrected chi connectivity index (χ2v) is 15.3. The van der Waals surface area contributed by atoms with E-state index < -0.39 is 62.9 Å². The Morgan fingerprint density at radius 3 is 2.14 bits per heavy atom. The Kier molecular flexibility index (Phi) is 8.13. The highest BCUT2D eigenvalue weighted by atomic mass is 79.9. The molecule has 2 saturated heterocycles. The maximum Gasteiger partial charge on any atom is 0.258 e. The van der Waals surface area contributed by atoms with Gasteiger partial charge in [0.2, 0.25) is 11.8 Å². The van der Waals surface area contributed by atoms with Crippen molar-refractivity contribution in [2.45, 2.75) is 35.4 Å². The van der Waals surface area contributed by atoms with E-state index in [2.05, 4.69) is 31.9 Å². The van der Waals surface area contributed by atoms with Crippen molar-refractivity contribution in [2.75, 3.05) is 16.9 Å². The van der Waals surface area contributed by atoms with Crippen molar-refractivity contribution in [2.24, 2.45) is 17.8 Å². The van der Waals surface area contributed by atoms with Crippen LogP contribution in [0.2, 0.25) is 0 Å². The number of hydrogen-bond donors (Lipinski definition) is 1. The summed E-state index contributed by atoms with van der Waals surface area (Å²) in [5.74, 6) is -7.44. The number of aromatic hydroxyl groups is 1. The minimum Gasteiger partial charge on any atom is -0.503 e. The molecule has 252 valence electrons. The first-order valence-electron chi connectivity index (χ1n) is 15.1. The first-order chi connectivity index (χ1) is 23.2. The van der Waals surface area contributed by atoms with Gasteiger partial charge >= 0.3 is 0 Å². The molecule has 2 aliphatic heterocycles. The summed E-state index contributed by atoms with van der Waals surface area (Å²) in [4.78, 5) is 66.8. The lowest BCUT2D eigenvalue weighted by molar-refractivity contribution is -0.125. The number of carbonyl (C=O) groups excluding carboxylic acids is 5. The number of fused-ring (bicyclic) bond motifs is 4. The quantitative estimate of drug-likeness (QED) is 0.127. The van der Waals surface area contributed by atoms with Crippen molar-refractivity contribution in [1.29, 1.82) is 0 Å². The van der Waals surface area contributed by atoms with Gasteiger partial charge < -0.3 is 9.84 Å². The van der Waals surface area contributed by atoms with Crippen LogP contribution in [0.1, 0.15) is 41.6 Å². The summed E-state index contributed by atoms with van der Waals surface area (Å²) in [5.41, 5.74) is 1.60. The molecule has 0 bridgehead atoms. The Labute approximate surface area is 306 Å². The molecule has 49 heavy (non-hydrogen) atoms. The van der Waals surface area contributed by atoms with E-state index in [0.29, 0.717) is 26.9 Å². The van der Waals surface area contributed by atoms with Gasteiger partial charge in [-0.3, -0.25) is 28.9 Å². The predicted molar refractivity (Wildman–Crippen MR) is 186 cm³/mol. The van der Waals surface area contributed by atoms with Crippen LogP contribution < -0.4 is 14.5 Å². The molecule has 4 amide bonds. The topological polar surface area (TPSA) is 121 Å². The number of hydrogen-bond acceptors (Lipinski definition) is 7. The number of methoxy groups -OCH3 is 1. The number of carbonyl (C=O) groups is 5. The lowest BCUT2D eigenvalue weighted by atomic mass is 9.56. The van der Waals surface area contributed by atoms with E-state index in [-0.39, 0.29) is 40.3 Å². The number of amides is 4. The van der Waals surface area contributed by atoms with E-state index in [1.54, 1.807) is 6.08 Å². The van der Waals surface area contributed by atoms with Crippen LogP contribution in [0.4, 0.5) is 15.8 Å². The third-order valence-electron chi connectivity index (χ3n) is 10.1. The second-order valence-electron chi connectivity index (χ2n) is 12.5. The molecule has 0 spiro atoms. The average Bonchev–Trinajstić information content (AvgIpc) is 3.42. The van der Waals surface area contributed by atoms with Crippen LogP contribution in [0, 0.1) is 23.6 Å². The largest absolute Gasteiger partial charge is 0.503 e. The van der Waals surface area contributed by atoms with E-state index in [4.69, 9.17) is 27.9 Å². The first-order valence-corrected chi connectivity index (χ1v) is 17.5. The zero-order valence-corrected chi connectivity index (χ0v) is 30.4. The number of Topliss-reactive ketones (excluding diaryl/α,β-unsaturated/α-hetero) is 1. The number of ketones is 1. The van der Waals surface area contributed by atoms with Crippen molar-refractivity contribution in [1.82, 2.24) is 0 Å². The first kappa shape index (κ1) is 33.9. The highest BCUT2D eigenvalue weighted by Crippen LogP contribution is 2.67. The molecule has 2 heterocycles. The van der Waals surface area contributed by atoms with Crippen LogP contribution in [0.5, 0.6) is 11.5 Å². The fourth-order valence-corrected chi connectivity index (χ4v) is 9.70. The molecule has 0 aromatic heterocycles. The Hall–Kier alpha value is -3.58. The van der Waals surface area contributed by atoms with Gasteiger partial charge in [-0.2, -0.15) is 0 Å². The molecule has 2 aliphatic carbocycles. The van der Waals surface area contributed by atoms with Gasteiger partial charge in [-0.05, 0) is 118 Å². The molecule has 6 atom stereocenters. The van der Waals surface area contributed by atoms with E-state index in [9.17, 15) is 33.5 Å². The number of phenolic OH excluding ortho intramolecular Hbond substituents is 1. The summed E-state index contributed by atoms with van der Waals surface area (Å²) in [6, 6.07) is 12.4. The molecule has 3 aromatic carbocycles. The number of alkyl halides is 2. The second kappa shape index (κ2) is 11.8. The molecule has 14 heteroatoms. The van der Waals surface area contributed by atoms with E-state index >= 15 is 0 Å². The molecule has 1 saturated carbocycles. The Balaban J connectivity index is 1.42.